The molecule has 2 aliphatic heterocycles. The summed E-state index contributed by atoms with van der Waals surface area (Å²) in [6, 6.07) is 14.0. The number of furan rings is 1. The van der Waals surface area contributed by atoms with Crippen LogP contribution < -0.4 is 4.90 Å². The van der Waals surface area contributed by atoms with Crippen molar-refractivity contribution in [3.8, 4) is 0 Å². The lowest BCUT2D eigenvalue weighted by atomic mass is 9.92. The van der Waals surface area contributed by atoms with Crippen LogP contribution in [-0.4, -0.2) is 54.5 Å². The monoisotopic (exact) mass is 325 g/mol. The Morgan fingerprint density at radius 3 is 2.71 bits per heavy atom. The Morgan fingerprint density at radius 2 is 1.96 bits per heavy atom. The third-order valence-corrected chi connectivity index (χ3v) is 5.37. The fourth-order valence-electron chi connectivity index (χ4n) is 3.94. The summed E-state index contributed by atoms with van der Waals surface area (Å²) in [5.41, 5.74) is 1.02. The molecule has 0 saturated carbocycles. The third-order valence-electron chi connectivity index (χ3n) is 5.37. The minimum absolute atomic E-state index is 0.0242. The lowest BCUT2D eigenvalue weighted by molar-refractivity contribution is -0.123. The molecule has 1 unspecified atom stereocenters. The number of nitrogens with zero attached hydrogens (tertiary/aromatic N) is 3. The predicted molar refractivity (Wildman–Crippen MR) is 92.8 cm³/mol. The van der Waals surface area contributed by atoms with Gasteiger partial charge in [-0.25, -0.2) is 0 Å². The van der Waals surface area contributed by atoms with Gasteiger partial charge in [-0.05, 0) is 37.7 Å². The van der Waals surface area contributed by atoms with Crippen LogP contribution in [0.1, 0.15) is 12.2 Å². The van der Waals surface area contributed by atoms with Crippen LogP contribution in [0, 0.1) is 0 Å². The fourth-order valence-corrected chi connectivity index (χ4v) is 3.94. The van der Waals surface area contributed by atoms with E-state index in [9.17, 15) is 4.79 Å². The highest BCUT2D eigenvalue weighted by Gasteiger charge is 2.47. The smallest absolute Gasteiger partial charge is 0.241 e. The van der Waals surface area contributed by atoms with Crippen molar-refractivity contribution in [3.63, 3.8) is 0 Å². The van der Waals surface area contributed by atoms with Crippen molar-refractivity contribution in [2.75, 3.05) is 38.1 Å². The minimum atomic E-state index is 0.0242. The van der Waals surface area contributed by atoms with Crippen molar-refractivity contribution < 1.29 is 9.21 Å². The van der Waals surface area contributed by atoms with Crippen LogP contribution in [0.25, 0.3) is 0 Å². The van der Waals surface area contributed by atoms with Crippen LogP contribution in [0.5, 0.6) is 0 Å². The number of hydrogen-bond acceptors (Lipinski definition) is 4. The first kappa shape index (κ1) is 15.4. The van der Waals surface area contributed by atoms with Gasteiger partial charge < -0.3 is 9.32 Å². The first-order valence-electron chi connectivity index (χ1n) is 8.48. The molecule has 2 aliphatic rings. The quantitative estimate of drug-likeness (QED) is 0.867. The summed E-state index contributed by atoms with van der Waals surface area (Å²) in [6.45, 7) is 4.05. The Hall–Kier alpha value is -2.11. The Balaban J connectivity index is 1.52. The summed E-state index contributed by atoms with van der Waals surface area (Å²) in [4.78, 5) is 19.2. The van der Waals surface area contributed by atoms with Crippen LogP contribution in [0.4, 0.5) is 5.69 Å². The molecule has 0 radical (unpaired) electrons. The first-order chi connectivity index (χ1) is 11.7. The van der Waals surface area contributed by atoms with E-state index >= 15 is 0 Å². The van der Waals surface area contributed by atoms with Gasteiger partial charge in [-0.2, -0.15) is 0 Å². The van der Waals surface area contributed by atoms with Crippen molar-refractivity contribution in [1.29, 1.82) is 0 Å². The van der Waals surface area contributed by atoms with Gasteiger partial charge in [0.1, 0.15) is 5.76 Å². The molecule has 3 heterocycles. The molecular formula is C19H23N3O2. The van der Waals surface area contributed by atoms with Gasteiger partial charge >= 0.3 is 0 Å². The zero-order valence-corrected chi connectivity index (χ0v) is 14.0. The number of piperazine rings is 1. The van der Waals surface area contributed by atoms with Crippen LogP contribution in [0.3, 0.4) is 0 Å². The normalized spacial score (nSPS) is 25.7. The van der Waals surface area contributed by atoms with E-state index in [1.807, 2.05) is 47.4 Å². The topological polar surface area (TPSA) is 39.9 Å². The number of likely N-dealkylation sites (N-methyl/N-ethyl adjacent to an activating group) is 1. The van der Waals surface area contributed by atoms with Crippen LogP contribution in [0.2, 0.25) is 0 Å². The molecule has 0 aliphatic carbocycles. The van der Waals surface area contributed by atoms with Crippen molar-refractivity contribution in [2.45, 2.75) is 18.5 Å². The average molecular weight is 325 g/mol. The maximum atomic E-state index is 12.5. The second-order valence-electron chi connectivity index (χ2n) is 6.94. The number of hydrogen-bond donors (Lipinski definition) is 0. The summed E-state index contributed by atoms with van der Waals surface area (Å²) in [5.74, 6) is 1.18. The summed E-state index contributed by atoms with van der Waals surface area (Å²) >= 11 is 0. The fraction of sp³-hybridized carbons (Fsp3) is 0.421. The molecule has 126 valence electrons. The molecule has 1 spiro atoms. The second kappa shape index (κ2) is 6.07. The van der Waals surface area contributed by atoms with E-state index in [1.54, 1.807) is 6.26 Å². The van der Waals surface area contributed by atoms with E-state index in [0.717, 1.165) is 44.0 Å². The minimum Gasteiger partial charge on any atom is -0.468 e. The first-order valence-corrected chi connectivity index (χ1v) is 8.48. The largest absolute Gasteiger partial charge is 0.468 e. The van der Waals surface area contributed by atoms with Gasteiger partial charge in [-0.3, -0.25) is 14.6 Å². The maximum absolute atomic E-state index is 12.5. The van der Waals surface area contributed by atoms with Crippen molar-refractivity contribution in [2.24, 2.45) is 0 Å². The molecule has 4 rings (SSSR count). The molecule has 2 aromatic rings. The molecule has 1 aromatic heterocycles. The summed E-state index contributed by atoms with van der Waals surface area (Å²) in [6.07, 6.45) is 2.80. The standard InChI is InChI=1S/C19H23N3O2/c1-20-13-18(23)22(16-6-3-2-4-7-16)15-19(20)9-10-21(14-19)12-17-8-5-11-24-17/h2-8,11H,9-10,12-15H2,1H3. The van der Waals surface area contributed by atoms with Gasteiger partial charge in [0.05, 0.1) is 24.9 Å². The van der Waals surface area contributed by atoms with E-state index < -0.39 is 0 Å². The number of carbonyl (C=O) groups excluding carboxylic acids is 1. The molecule has 5 nitrogen and oxygen atoms in total. The highest BCUT2D eigenvalue weighted by atomic mass is 16.3. The van der Waals surface area contributed by atoms with Gasteiger partial charge in [-0.15, -0.1) is 0 Å². The Morgan fingerprint density at radius 1 is 1.12 bits per heavy atom. The molecule has 5 heteroatoms. The number of carbonyl (C=O) groups is 1. The van der Waals surface area contributed by atoms with E-state index in [-0.39, 0.29) is 11.4 Å². The highest BCUT2D eigenvalue weighted by molar-refractivity contribution is 5.96. The molecule has 0 N–H and O–H groups in total. The molecule has 0 bridgehead atoms. The Kier molecular flexibility index (Phi) is 3.90. The third kappa shape index (κ3) is 2.74. The van der Waals surface area contributed by atoms with Crippen LogP contribution in [0.15, 0.2) is 53.1 Å². The number of likely N-dealkylation sites (tertiary alicyclic amines) is 1. The van der Waals surface area contributed by atoms with Crippen LogP contribution >= 0.6 is 0 Å². The van der Waals surface area contributed by atoms with E-state index in [1.165, 1.54) is 0 Å². The predicted octanol–water partition coefficient (Wildman–Crippen LogP) is 2.20. The van der Waals surface area contributed by atoms with Crippen molar-refractivity contribution in [1.82, 2.24) is 9.80 Å². The number of benzene rings is 1. The van der Waals surface area contributed by atoms with E-state index in [0.29, 0.717) is 6.54 Å². The Bertz CT molecular complexity index is 701. The molecule has 1 atom stereocenters. The van der Waals surface area contributed by atoms with Crippen molar-refractivity contribution >= 4 is 11.6 Å². The number of rotatable bonds is 3. The van der Waals surface area contributed by atoms with Gasteiger partial charge in [-0.1, -0.05) is 18.2 Å². The van der Waals surface area contributed by atoms with Gasteiger partial charge in [0.2, 0.25) is 5.91 Å². The molecule has 2 saturated heterocycles. The lowest BCUT2D eigenvalue weighted by Crippen LogP contribution is -2.64. The Labute approximate surface area is 142 Å². The number of amides is 1. The van der Waals surface area contributed by atoms with Crippen molar-refractivity contribution in [3.05, 3.63) is 54.5 Å². The lowest BCUT2D eigenvalue weighted by Gasteiger charge is -2.47. The van der Waals surface area contributed by atoms with Gasteiger partial charge in [0.25, 0.3) is 0 Å². The van der Waals surface area contributed by atoms with E-state index in [4.69, 9.17) is 4.42 Å². The highest BCUT2D eigenvalue weighted by Crippen LogP contribution is 2.33. The summed E-state index contributed by atoms with van der Waals surface area (Å²) in [7, 11) is 2.08. The SMILES string of the molecule is CN1CC(=O)N(c2ccccc2)CC12CCN(Cc1ccco1)C2. The number of para-hydroxylation sites is 1. The van der Waals surface area contributed by atoms with Gasteiger partial charge in [0, 0.05) is 25.3 Å². The zero-order valence-electron chi connectivity index (χ0n) is 14.0. The van der Waals surface area contributed by atoms with E-state index in [2.05, 4.69) is 16.8 Å². The molecule has 2 fully saturated rings. The zero-order chi connectivity index (χ0) is 16.6. The summed E-state index contributed by atoms with van der Waals surface area (Å²) in [5, 5.41) is 0. The molecular weight excluding hydrogens is 302 g/mol. The van der Waals surface area contributed by atoms with Crippen LogP contribution in [-0.2, 0) is 11.3 Å². The molecule has 1 aromatic carbocycles. The second-order valence-corrected chi connectivity index (χ2v) is 6.94. The molecule has 24 heavy (non-hydrogen) atoms. The number of anilines is 1. The average Bonchev–Trinajstić information content (AvgIpc) is 3.23. The molecule has 1 amide bonds. The summed E-state index contributed by atoms with van der Waals surface area (Å²) < 4.78 is 5.49. The van der Waals surface area contributed by atoms with Gasteiger partial charge in [0.15, 0.2) is 0 Å². The maximum Gasteiger partial charge on any atom is 0.241 e.